The van der Waals surface area contributed by atoms with E-state index in [-0.39, 0.29) is 12.3 Å². The largest absolute Gasteiger partial charge is 0.497 e. The molecule has 1 aromatic carbocycles. The van der Waals surface area contributed by atoms with E-state index in [1.807, 2.05) is 29.3 Å². The molecule has 29 heavy (non-hydrogen) atoms. The number of carbonyl (C=O) groups excluding carboxylic acids is 1. The maximum Gasteiger partial charge on any atom is 0.227 e. The number of amides is 1. The zero-order chi connectivity index (χ0) is 20.2. The van der Waals surface area contributed by atoms with Gasteiger partial charge in [-0.1, -0.05) is 0 Å². The van der Waals surface area contributed by atoms with E-state index in [4.69, 9.17) is 14.5 Å². The van der Waals surface area contributed by atoms with Gasteiger partial charge in [-0.3, -0.25) is 4.79 Å². The lowest BCUT2D eigenvalue weighted by molar-refractivity contribution is -0.131. The fraction of sp³-hybridized carbons (Fsp3) is 0.500. The Morgan fingerprint density at radius 1 is 1.31 bits per heavy atom. The fourth-order valence-corrected chi connectivity index (χ4v) is 4.11. The van der Waals surface area contributed by atoms with Crippen LogP contribution in [0, 0.1) is 0 Å². The monoisotopic (exact) mass is 396 g/mol. The van der Waals surface area contributed by atoms with Crippen LogP contribution in [0.4, 0.5) is 0 Å². The number of aromatic nitrogens is 2. The molecule has 0 radical (unpaired) electrons. The number of benzene rings is 1. The topological polar surface area (TPSA) is 76.6 Å². The minimum Gasteiger partial charge on any atom is -0.497 e. The third kappa shape index (κ3) is 4.34. The van der Waals surface area contributed by atoms with Crippen LogP contribution in [0.25, 0.3) is 0 Å². The average Bonchev–Trinajstić information content (AvgIpc) is 2.78. The first-order chi connectivity index (χ1) is 14.2. The molecular weight excluding hydrogens is 368 g/mol. The second kappa shape index (κ2) is 8.78. The van der Waals surface area contributed by atoms with Crippen LogP contribution < -0.4 is 14.8 Å². The lowest BCUT2D eigenvalue weighted by atomic mass is 9.98. The summed E-state index contributed by atoms with van der Waals surface area (Å²) in [7, 11) is 3.23. The second-order valence-electron chi connectivity index (χ2n) is 7.66. The zero-order valence-electron chi connectivity index (χ0n) is 17.1. The van der Waals surface area contributed by atoms with E-state index in [1.54, 1.807) is 14.2 Å². The molecule has 3 heterocycles. The van der Waals surface area contributed by atoms with Crippen LogP contribution in [-0.4, -0.2) is 54.6 Å². The summed E-state index contributed by atoms with van der Waals surface area (Å²) < 4.78 is 10.7. The normalized spacial score (nSPS) is 18.8. The van der Waals surface area contributed by atoms with Gasteiger partial charge in [0, 0.05) is 49.3 Å². The van der Waals surface area contributed by atoms with E-state index < -0.39 is 0 Å². The summed E-state index contributed by atoms with van der Waals surface area (Å²) in [6, 6.07) is 5.53. The molecule has 1 N–H and O–H groups in total. The Hall–Kier alpha value is -2.67. The SMILES string of the molecule is COc1ccc(OC)c(CC(=O)N2CCc3nc([C@H]4CCCNC4)ncc3C2)c1. The van der Waals surface area contributed by atoms with Gasteiger partial charge in [-0.15, -0.1) is 0 Å². The summed E-state index contributed by atoms with van der Waals surface area (Å²) in [5.74, 6) is 2.83. The van der Waals surface area contributed by atoms with Crippen LogP contribution in [0.15, 0.2) is 24.4 Å². The van der Waals surface area contributed by atoms with Crippen LogP contribution in [0.5, 0.6) is 11.5 Å². The Kier molecular flexibility index (Phi) is 5.94. The number of hydrogen-bond acceptors (Lipinski definition) is 6. The molecule has 0 saturated carbocycles. The molecule has 0 bridgehead atoms. The first-order valence-corrected chi connectivity index (χ1v) is 10.2. The van der Waals surface area contributed by atoms with Crippen LogP contribution in [0.1, 0.15) is 41.4 Å². The van der Waals surface area contributed by atoms with Crippen molar-refractivity contribution in [2.75, 3.05) is 33.9 Å². The summed E-state index contributed by atoms with van der Waals surface area (Å²) in [5, 5.41) is 3.42. The van der Waals surface area contributed by atoms with Gasteiger partial charge in [0.15, 0.2) is 0 Å². The van der Waals surface area contributed by atoms with Crippen LogP contribution in [-0.2, 0) is 24.2 Å². The number of carbonyl (C=O) groups is 1. The Morgan fingerprint density at radius 2 is 2.21 bits per heavy atom. The van der Waals surface area contributed by atoms with Gasteiger partial charge < -0.3 is 19.7 Å². The van der Waals surface area contributed by atoms with Crippen molar-refractivity contribution in [2.24, 2.45) is 0 Å². The Morgan fingerprint density at radius 3 is 2.97 bits per heavy atom. The number of piperidine rings is 1. The predicted molar refractivity (Wildman–Crippen MR) is 109 cm³/mol. The van der Waals surface area contributed by atoms with Gasteiger partial charge in [-0.05, 0) is 37.6 Å². The molecule has 1 aromatic heterocycles. The molecule has 0 aliphatic carbocycles. The standard InChI is InChI=1S/C22H28N4O3/c1-28-18-5-6-20(29-2)16(10-18)11-21(27)26-9-7-19-17(14-26)13-24-22(25-19)15-4-3-8-23-12-15/h5-6,10,13,15,23H,3-4,7-9,11-12,14H2,1-2H3/t15-/m0/s1. The van der Waals surface area contributed by atoms with Gasteiger partial charge in [0.1, 0.15) is 17.3 Å². The van der Waals surface area contributed by atoms with E-state index in [1.165, 1.54) is 6.42 Å². The van der Waals surface area contributed by atoms with Crippen molar-refractivity contribution in [3.8, 4) is 11.5 Å². The Labute approximate surface area is 171 Å². The predicted octanol–water partition coefficient (Wildman–Crippen LogP) is 2.09. The highest BCUT2D eigenvalue weighted by molar-refractivity contribution is 5.80. The molecule has 2 aromatic rings. The number of ether oxygens (including phenoxy) is 2. The molecule has 1 saturated heterocycles. The van der Waals surface area contributed by atoms with E-state index in [0.29, 0.717) is 24.8 Å². The molecule has 7 heteroatoms. The number of hydrogen-bond donors (Lipinski definition) is 1. The number of nitrogens with zero attached hydrogens (tertiary/aromatic N) is 3. The first kappa shape index (κ1) is 19.6. The minimum absolute atomic E-state index is 0.0720. The minimum atomic E-state index is 0.0720. The Balaban J connectivity index is 1.45. The number of nitrogens with one attached hydrogen (secondary N) is 1. The van der Waals surface area contributed by atoms with Crippen LogP contribution >= 0.6 is 0 Å². The average molecular weight is 396 g/mol. The molecule has 154 valence electrons. The maximum atomic E-state index is 12.9. The first-order valence-electron chi connectivity index (χ1n) is 10.2. The summed E-state index contributed by atoms with van der Waals surface area (Å²) in [6.07, 6.45) is 5.27. The highest BCUT2D eigenvalue weighted by atomic mass is 16.5. The smallest absolute Gasteiger partial charge is 0.227 e. The number of methoxy groups -OCH3 is 2. The van der Waals surface area contributed by atoms with Gasteiger partial charge >= 0.3 is 0 Å². The van der Waals surface area contributed by atoms with Crippen molar-refractivity contribution < 1.29 is 14.3 Å². The molecule has 4 rings (SSSR count). The zero-order valence-corrected chi connectivity index (χ0v) is 17.1. The fourth-order valence-electron chi connectivity index (χ4n) is 4.11. The summed E-state index contributed by atoms with van der Waals surface area (Å²) in [6.45, 7) is 3.27. The number of rotatable bonds is 5. The van der Waals surface area contributed by atoms with Gasteiger partial charge in [-0.25, -0.2) is 9.97 Å². The third-order valence-electron chi connectivity index (χ3n) is 5.80. The molecule has 0 unspecified atom stereocenters. The molecule has 0 spiro atoms. The van der Waals surface area contributed by atoms with E-state index in [0.717, 1.165) is 54.3 Å². The van der Waals surface area contributed by atoms with Crippen molar-refractivity contribution in [2.45, 2.75) is 38.1 Å². The molecular formula is C22H28N4O3. The van der Waals surface area contributed by atoms with Crippen molar-refractivity contribution >= 4 is 5.91 Å². The highest BCUT2D eigenvalue weighted by Gasteiger charge is 2.25. The van der Waals surface area contributed by atoms with Gasteiger partial charge in [0.2, 0.25) is 5.91 Å². The van der Waals surface area contributed by atoms with Crippen molar-refractivity contribution in [3.05, 3.63) is 47.0 Å². The quantitative estimate of drug-likeness (QED) is 0.834. The summed E-state index contributed by atoms with van der Waals surface area (Å²) >= 11 is 0. The lowest BCUT2D eigenvalue weighted by Crippen LogP contribution is -2.38. The van der Waals surface area contributed by atoms with Crippen molar-refractivity contribution in [3.63, 3.8) is 0 Å². The molecule has 1 amide bonds. The molecule has 1 fully saturated rings. The maximum absolute atomic E-state index is 12.9. The Bertz CT molecular complexity index is 880. The van der Waals surface area contributed by atoms with E-state index in [2.05, 4.69) is 10.3 Å². The van der Waals surface area contributed by atoms with Gasteiger partial charge in [0.25, 0.3) is 0 Å². The number of fused-ring (bicyclic) bond motifs is 1. The third-order valence-corrected chi connectivity index (χ3v) is 5.80. The molecule has 2 aliphatic heterocycles. The second-order valence-corrected chi connectivity index (χ2v) is 7.66. The molecule has 2 aliphatic rings. The molecule has 1 atom stereocenters. The van der Waals surface area contributed by atoms with Crippen LogP contribution in [0.2, 0.25) is 0 Å². The van der Waals surface area contributed by atoms with Crippen LogP contribution in [0.3, 0.4) is 0 Å². The van der Waals surface area contributed by atoms with Crippen molar-refractivity contribution in [1.82, 2.24) is 20.2 Å². The lowest BCUT2D eigenvalue weighted by Gasteiger charge is -2.29. The highest BCUT2D eigenvalue weighted by Crippen LogP contribution is 2.27. The van der Waals surface area contributed by atoms with E-state index in [9.17, 15) is 4.79 Å². The van der Waals surface area contributed by atoms with Gasteiger partial charge in [0.05, 0.1) is 26.3 Å². The van der Waals surface area contributed by atoms with Gasteiger partial charge in [-0.2, -0.15) is 0 Å². The summed E-state index contributed by atoms with van der Waals surface area (Å²) in [4.78, 5) is 24.3. The molecule has 7 nitrogen and oxygen atoms in total. The summed E-state index contributed by atoms with van der Waals surface area (Å²) in [5.41, 5.74) is 2.97. The van der Waals surface area contributed by atoms with Crippen molar-refractivity contribution in [1.29, 1.82) is 0 Å². The van der Waals surface area contributed by atoms with E-state index >= 15 is 0 Å².